The minimum atomic E-state index is -3.54. The maximum Gasteiger partial charge on any atom is 0.255 e. The number of amides is 1. The fourth-order valence-electron chi connectivity index (χ4n) is 3.22. The minimum Gasteiger partial charge on any atom is -0.322 e. The van der Waals surface area contributed by atoms with Gasteiger partial charge in [-0.1, -0.05) is 31.2 Å². The van der Waals surface area contributed by atoms with E-state index in [0.717, 1.165) is 36.1 Å². The molecule has 0 spiro atoms. The number of hydrogen-bond donors (Lipinski definition) is 1. The largest absolute Gasteiger partial charge is 0.322 e. The fraction of sp³-hybridized carbons (Fsp3) is 0.350. The van der Waals surface area contributed by atoms with E-state index in [0.29, 0.717) is 18.7 Å². The smallest absolute Gasteiger partial charge is 0.255 e. The maximum absolute atomic E-state index is 12.8. The van der Waals surface area contributed by atoms with Crippen molar-refractivity contribution in [3.63, 3.8) is 0 Å². The minimum absolute atomic E-state index is 0.180. The second kappa shape index (κ2) is 7.60. The van der Waals surface area contributed by atoms with Crippen LogP contribution in [-0.2, 0) is 16.4 Å². The Morgan fingerprint density at radius 3 is 2.50 bits per heavy atom. The van der Waals surface area contributed by atoms with E-state index in [1.807, 2.05) is 38.1 Å². The summed E-state index contributed by atoms with van der Waals surface area (Å²) in [7, 11) is -3.54. The first-order valence-electron chi connectivity index (χ1n) is 8.93. The quantitative estimate of drug-likeness (QED) is 0.872. The van der Waals surface area contributed by atoms with Gasteiger partial charge in [0.05, 0.1) is 4.90 Å². The lowest BCUT2D eigenvalue weighted by atomic mass is 10.1. The molecule has 1 amide bonds. The molecule has 0 aromatic heterocycles. The monoisotopic (exact) mass is 372 g/mol. The summed E-state index contributed by atoms with van der Waals surface area (Å²) >= 11 is 0. The van der Waals surface area contributed by atoms with Crippen molar-refractivity contribution in [1.29, 1.82) is 0 Å². The maximum atomic E-state index is 12.8. The highest BCUT2D eigenvalue weighted by Gasteiger charge is 2.28. The van der Waals surface area contributed by atoms with Crippen molar-refractivity contribution in [3.05, 3.63) is 59.2 Å². The number of benzene rings is 2. The van der Waals surface area contributed by atoms with Crippen LogP contribution in [0.2, 0.25) is 0 Å². The van der Waals surface area contributed by atoms with Gasteiger partial charge in [0, 0.05) is 24.3 Å². The lowest BCUT2D eigenvalue weighted by molar-refractivity contribution is 0.102. The number of para-hydroxylation sites is 1. The molecule has 138 valence electrons. The first kappa shape index (κ1) is 18.6. The third-order valence-electron chi connectivity index (χ3n) is 4.80. The summed E-state index contributed by atoms with van der Waals surface area (Å²) in [6.45, 7) is 4.93. The zero-order valence-corrected chi connectivity index (χ0v) is 16.0. The van der Waals surface area contributed by atoms with E-state index in [1.165, 1.54) is 10.4 Å². The summed E-state index contributed by atoms with van der Waals surface area (Å²) in [5.41, 5.74) is 2.93. The molecule has 1 aliphatic rings. The van der Waals surface area contributed by atoms with Crippen LogP contribution in [-0.4, -0.2) is 31.7 Å². The number of hydrogen-bond acceptors (Lipinski definition) is 3. The van der Waals surface area contributed by atoms with E-state index in [9.17, 15) is 13.2 Å². The number of sulfonamides is 1. The van der Waals surface area contributed by atoms with Crippen LogP contribution < -0.4 is 5.32 Å². The Kier molecular flexibility index (Phi) is 5.44. The molecule has 0 atom stereocenters. The first-order chi connectivity index (χ1) is 12.4. The molecule has 1 heterocycles. The predicted octanol–water partition coefficient (Wildman–Crippen LogP) is 3.59. The number of nitrogens with one attached hydrogen (secondary N) is 1. The lowest BCUT2D eigenvalue weighted by Crippen LogP contribution is -2.28. The van der Waals surface area contributed by atoms with Crippen LogP contribution in [0.1, 0.15) is 41.3 Å². The highest BCUT2D eigenvalue weighted by atomic mass is 32.2. The number of rotatable bonds is 5. The molecule has 6 heteroatoms. The molecule has 0 aliphatic carbocycles. The Morgan fingerprint density at radius 2 is 1.81 bits per heavy atom. The van der Waals surface area contributed by atoms with Crippen molar-refractivity contribution < 1.29 is 13.2 Å². The number of carbonyl (C=O) groups is 1. The average molecular weight is 372 g/mol. The van der Waals surface area contributed by atoms with Crippen molar-refractivity contribution in [2.24, 2.45) is 0 Å². The Labute approximate surface area is 155 Å². The van der Waals surface area contributed by atoms with Gasteiger partial charge in [0.15, 0.2) is 0 Å². The molecule has 5 nitrogen and oxygen atoms in total. The molecular weight excluding hydrogens is 348 g/mol. The van der Waals surface area contributed by atoms with Crippen LogP contribution in [0.4, 0.5) is 5.69 Å². The summed E-state index contributed by atoms with van der Waals surface area (Å²) in [5, 5.41) is 2.92. The molecule has 1 N–H and O–H groups in total. The van der Waals surface area contributed by atoms with Gasteiger partial charge in [0.2, 0.25) is 10.0 Å². The Morgan fingerprint density at radius 1 is 1.12 bits per heavy atom. The number of nitrogens with zero attached hydrogens (tertiary/aromatic N) is 1. The summed E-state index contributed by atoms with van der Waals surface area (Å²) in [4.78, 5) is 13.0. The van der Waals surface area contributed by atoms with Crippen LogP contribution in [0, 0.1) is 6.92 Å². The molecule has 0 bridgehead atoms. The molecule has 1 fully saturated rings. The molecule has 0 unspecified atom stereocenters. The first-order valence-corrected chi connectivity index (χ1v) is 10.4. The molecule has 0 radical (unpaired) electrons. The third-order valence-corrected chi connectivity index (χ3v) is 6.70. The van der Waals surface area contributed by atoms with Gasteiger partial charge in [-0.15, -0.1) is 0 Å². The van der Waals surface area contributed by atoms with E-state index in [1.54, 1.807) is 12.1 Å². The van der Waals surface area contributed by atoms with E-state index in [-0.39, 0.29) is 10.8 Å². The molecule has 2 aromatic carbocycles. The van der Waals surface area contributed by atoms with Crippen molar-refractivity contribution in [3.8, 4) is 0 Å². The van der Waals surface area contributed by atoms with Crippen molar-refractivity contribution in [2.45, 2.75) is 38.0 Å². The summed E-state index contributed by atoms with van der Waals surface area (Å²) in [6, 6.07) is 12.4. The standard InChI is InChI=1S/C20H24N2O3S/c1-3-16-8-4-5-9-19(16)21-20(23)18-14-17(11-10-15(18)2)26(24,25)22-12-6-7-13-22/h4-5,8-11,14H,3,6-7,12-13H2,1-2H3,(H,21,23). The molecular formula is C20H24N2O3S. The van der Waals surface area contributed by atoms with E-state index in [2.05, 4.69) is 5.32 Å². The lowest BCUT2D eigenvalue weighted by Gasteiger charge is -2.17. The van der Waals surface area contributed by atoms with Gasteiger partial charge in [0.1, 0.15) is 0 Å². The summed E-state index contributed by atoms with van der Waals surface area (Å²) in [6.07, 6.45) is 2.57. The molecule has 1 aliphatic heterocycles. The Hall–Kier alpha value is -2.18. The van der Waals surface area contributed by atoms with Gasteiger partial charge in [-0.2, -0.15) is 4.31 Å². The number of carbonyl (C=O) groups excluding carboxylic acids is 1. The summed E-state index contributed by atoms with van der Waals surface area (Å²) < 4.78 is 27.0. The van der Waals surface area contributed by atoms with Gasteiger partial charge in [0.25, 0.3) is 5.91 Å². The van der Waals surface area contributed by atoms with E-state index >= 15 is 0 Å². The Balaban J connectivity index is 1.91. The molecule has 3 rings (SSSR count). The van der Waals surface area contributed by atoms with Crippen LogP contribution >= 0.6 is 0 Å². The molecule has 0 saturated carbocycles. The highest BCUT2D eigenvalue weighted by Crippen LogP contribution is 2.24. The van der Waals surface area contributed by atoms with Crippen LogP contribution in [0.5, 0.6) is 0 Å². The molecule has 26 heavy (non-hydrogen) atoms. The van der Waals surface area contributed by atoms with Crippen molar-refractivity contribution in [1.82, 2.24) is 4.31 Å². The normalized spacial score (nSPS) is 15.2. The van der Waals surface area contributed by atoms with Crippen LogP contribution in [0.15, 0.2) is 47.4 Å². The second-order valence-electron chi connectivity index (χ2n) is 6.55. The molecule has 2 aromatic rings. The molecule has 1 saturated heterocycles. The van der Waals surface area contributed by atoms with Crippen molar-refractivity contribution >= 4 is 21.6 Å². The number of anilines is 1. The van der Waals surface area contributed by atoms with E-state index in [4.69, 9.17) is 0 Å². The zero-order valence-electron chi connectivity index (χ0n) is 15.2. The van der Waals surface area contributed by atoms with Gasteiger partial charge in [-0.25, -0.2) is 8.42 Å². The second-order valence-corrected chi connectivity index (χ2v) is 8.49. The predicted molar refractivity (Wildman–Crippen MR) is 103 cm³/mol. The Bertz CT molecular complexity index is 916. The van der Waals surface area contributed by atoms with Crippen molar-refractivity contribution in [2.75, 3.05) is 18.4 Å². The zero-order chi connectivity index (χ0) is 18.7. The highest BCUT2D eigenvalue weighted by molar-refractivity contribution is 7.89. The van der Waals surface area contributed by atoms with Gasteiger partial charge in [-0.3, -0.25) is 4.79 Å². The average Bonchev–Trinajstić information content (AvgIpc) is 3.18. The van der Waals surface area contributed by atoms with E-state index < -0.39 is 10.0 Å². The third kappa shape index (κ3) is 3.66. The van der Waals surface area contributed by atoms with Gasteiger partial charge < -0.3 is 5.32 Å². The topological polar surface area (TPSA) is 66.5 Å². The van der Waals surface area contributed by atoms with Crippen LogP contribution in [0.3, 0.4) is 0 Å². The SMILES string of the molecule is CCc1ccccc1NC(=O)c1cc(S(=O)(=O)N2CCCC2)ccc1C. The fourth-order valence-corrected chi connectivity index (χ4v) is 4.77. The summed E-state index contributed by atoms with van der Waals surface area (Å²) in [5.74, 6) is -0.290. The van der Waals surface area contributed by atoms with Gasteiger partial charge >= 0.3 is 0 Å². The number of aryl methyl sites for hydroxylation is 2. The van der Waals surface area contributed by atoms with Gasteiger partial charge in [-0.05, 0) is 55.5 Å². The van der Waals surface area contributed by atoms with Crippen LogP contribution in [0.25, 0.3) is 0 Å².